The molecule has 4 rings (SSSR count). The molecule has 0 unspecified atom stereocenters. The number of methoxy groups -OCH3 is 2. The quantitative estimate of drug-likeness (QED) is 0.511. The second-order valence-electron chi connectivity index (χ2n) is 8.12. The van der Waals surface area contributed by atoms with E-state index in [0.29, 0.717) is 23.6 Å². The number of hydrogen-bond acceptors (Lipinski definition) is 5. The predicted molar refractivity (Wildman–Crippen MR) is 130 cm³/mol. The van der Waals surface area contributed by atoms with Crippen molar-refractivity contribution in [3.05, 3.63) is 95.3 Å². The van der Waals surface area contributed by atoms with Crippen molar-refractivity contribution >= 4 is 17.5 Å². The van der Waals surface area contributed by atoms with E-state index in [4.69, 9.17) is 9.47 Å². The molecule has 180 valence electrons. The van der Waals surface area contributed by atoms with Gasteiger partial charge in [-0.05, 0) is 29.8 Å². The Morgan fingerprint density at radius 3 is 2.43 bits per heavy atom. The molecule has 0 bridgehead atoms. The topological polar surface area (TPSA) is 71.4 Å². The standard InChI is InChI=1S/C27H26FN3O4/c1-30(27(33)20-11-7-8-12-22(20)28)17-26(32)31-24(18-9-5-4-6-10-18)16-23(29-31)21-14-13-19(34-2)15-25(21)35-3/h4-15,24H,16-17H2,1-3H3/t24-/m1/s1. The van der Waals surface area contributed by atoms with Crippen LogP contribution in [0.2, 0.25) is 0 Å². The fourth-order valence-corrected chi connectivity index (χ4v) is 4.06. The summed E-state index contributed by atoms with van der Waals surface area (Å²) in [5, 5.41) is 6.05. The van der Waals surface area contributed by atoms with Crippen molar-refractivity contribution in [3.63, 3.8) is 0 Å². The van der Waals surface area contributed by atoms with Crippen LogP contribution in [0.4, 0.5) is 4.39 Å². The Balaban J connectivity index is 1.63. The zero-order valence-corrected chi connectivity index (χ0v) is 19.8. The van der Waals surface area contributed by atoms with Crippen LogP contribution in [0, 0.1) is 5.82 Å². The average Bonchev–Trinajstić information content (AvgIpc) is 3.34. The monoisotopic (exact) mass is 475 g/mol. The molecular formula is C27H26FN3O4. The number of likely N-dealkylation sites (N-methyl/N-ethyl adjacent to an activating group) is 1. The number of benzene rings is 3. The smallest absolute Gasteiger partial charge is 0.262 e. The molecule has 35 heavy (non-hydrogen) atoms. The molecule has 1 aliphatic rings. The molecule has 0 aromatic heterocycles. The molecule has 0 fully saturated rings. The molecule has 0 N–H and O–H groups in total. The van der Waals surface area contributed by atoms with E-state index in [1.165, 1.54) is 35.2 Å². The van der Waals surface area contributed by atoms with Gasteiger partial charge in [0.05, 0.1) is 31.5 Å². The third-order valence-corrected chi connectivity index (χ3v) is 5.89. The molecule has 1 atom stereocenters. The number of nitrogens with zero attached hydrogens (tertiary/aromatic N) is 3. The molecule has 1 heterocycles. The number of carbonyl (C=O) groups excluding carboxylic acids is 2. The second-order valence-corrected chi connectivity index (χ2v) is 8.12. The summed E-state index contributed by atoms with van der Waals surface area (Å²) < 4.78 is 24.9. The molecule has 0 aliphatic carbocycles. The van der Waals surface area contributed by atoms with Crippen LogP contribution in [0.3, 0.4) is 0 Å². The molecule has 8 heteroatoms. The Kier molecular flexibility index (Phi) is 7.10. The van der Waals surface area contributed by atoms with Crippen molar-refractivity contribution < 1.29 is 23.5 Å². The van der Waals surface area contributed by atoms with E-state index < -0.39 is 11.7 Å². The van der Waals surface area contributed by atoms with Crippen LogP contribution in [0.25, 0.3) is 0 Å². The molecule has 3 aromatic carbocycles. The molecule has 0 spiro atoms. The lowest BCUT2D eigenvalue weighted by Gasteiger charge is -2.25. The largest absolute Gasteiger partial charge is 0.497 e. The van der Waals surface area contributed by atoms with Gasteiger partial charge in [-0.3, -0.25) is 9.59 Å². The maximum Gasteiger partial charge on any atom is 0.262 e. The minimum Gasteiger partial charge on any atom is -0.497 e. The highest BCUT2D eigenvalue weighted by Crippen LogP contribution is 2.36. The van der Waals surface area contributed by atoms with E-state index in [-0.39, 0.29) is 24.1 Å². The number of hydrazone groups is 1. The van der Waals surface area contributed by atoms with E-state index in [1.54, 1.807) is 26.4 Å². The van der Waals surface area contributed by atoms with Gasteiger partial charge in [-0.15, -0.1) is 0 Å². The first-order valence-corrected chi connectivity index (χ1v) is 11.1. The maximum absolute atomic E-state index is 14.1. The number of amides is 2. The van der Waals surface area contributed by atoms with Gasteiger partial charge in [-0.25, -0.2) is 9.40 Å². The number of rotatable bonds is 7. The molecule has 0 saturated carbocycles. The van der Waals surface area contributed by atoms with Crippen LogP contribution < -0.4 is 9.47 Å². The van der Waals surface area contributed by atoms with Crippen LogP contribution in [0.15, 0.2) is 77.9 Å². The van der Waals surface area contributed by atoms with Crippen molar-refractivity contribution in [2.24, 2.45) is 5.10 Å². The van der Waals surface area contributed by atoms with Gasteiger partial charge in [0.25, 0.3) is 11.8 Å². The summed E-state index contributed by atoms with van der Waals surface area (Å²) in [6.07, 6.45) is 0.462. The normalized spacial score (nSPS) is 14.9. The van der Waals surface area contributed by atoms with Gasteiger partial charge in [0.15, 0.2) is 0 Å². The van der Waals surface area contributed by atoms with Crippen LogP contribution in [0.5, 0.6) is 11.5 Å². The fraction of sp³-hybridized carbons (Fsp3) is 0.222. The Hall–Kier alpha value is -4.20. The summed E-state index contributed by atoms with van der Waals surface area (Å²) in [6.45, 7) is -0.257. The summed E-state index contributed by atoms with van der Waals surface area (Å²) in [5.41, 5.74) is 2.25. The predicted octanol–water partition coefficient (Wildman–Crippen LogP) is 4.29. The number of hydrogen-bond donors (Lipinski definition) is 0. The fourth-order valence-electron chi connectivity index (χ4n) is 4.06. The number of halogens is 1. The van der Waals surface area contributed by atoms with Crippen molar-refractivity contribution in [2.45, 2.75) is 12.5 Å². The van der Waals surface area contributed by atoms with Crippen molar-refractivity contribution in [3.8, 4) is 11.5 Å². The number of carbonyl (C=O) groups is 2. The van der Waals surface area contributed by atoms with Crippen molar-refractivity contribution in [2.75, 3.05) is 27.8 Å². The zero-order valence-electron chi connectivity index (χ0n) is 19.8. The molecule has 0 radical (unpaired) electrons. The molecule has 0 saturated heterocycles. The lowest BCUT2D eigenvalue weighted by molar-refractivity contribution is -0.133. The van der Waals surface area contributed by atoms with Gasteiger partial charge in [0, 0.05) is 25.1 Å². The second kappa shape index (κ2) is 10.4. The Bertz CT molecular complexity index is 1260. The lowest BCUT2D eigenvalue weighted by Crippen LogP contribution is -2.39. The maximum atomic E-state index is 14.1. The molecule has 2 amide bonds. The van der Waals surface area contributed by atoms with Gasteiger partial charge in [0.2, 0.25) is 0 Å². The van der Waals surface area contributed by atoms with E-state index in [9.17, 15) is 14.0 Å². The van der Waals surface area contributed by atoms with Gasteiger partial charge >= 0.3 is 0 Å². The molecule has 3 aromatic rings. The van der Waals surface area contributed by atoms with E-state index in [2.05, 4.69) is 5.10 Å². The summed E-state index contributed by atoms with van der Waals surface area (Å²) in [5.74, 6) is -0.366. The number of ether oxygens (including phenoxy) is 2. The highest BCUT2D eigenvalue weighted by molar-refractivity contribution is 6.05. The van der Waals surface area contributed by atoms with E-state index >= 15 is 0 Å². The van der Waals surface area contributed by atoms with Gasteiger partial charge in [-0.1, -0.05) is 42.5 Å². The van der Waals surface area contributed by atoms with E-state index in [1.807, 2.05) is 42.5 Å². The van der Waals surface area contributed by atoms with Gasteiger partial charge < -0.3 is 14.4 Å². The third-order valence-electron chi connectivity index (χ3n) is 5.89. The minimum absolute atomic E-state index is 0.0870. The van der Waals surface area contributed by atoms with Crippen LogP contribution in [-0.2, 0) is 4.79 Å². The van der Waals surface area contributed by atoms with Crippen molar-refractivity contribution in [1.29, 1.82) is 0 Å². The first kappa shape index (κ1) is 23.9. The van der Waals surface area contributed by atoms with Gasteiger partial charge in [-0.2, -0.15) is 5.10 Å². The average molecular weight is 476 g/mol. The Morgan fingerprint density at radius 2 is 1.74 bits per heavy atom. The Labute approximate surface area is 203 Å². The van der Waals surface area contributed by atoms with Gasteiger partial charge in [0.1, 0.15) is 23.9 Å². The third kappa shape index (κ3) is 5.01. The summed E-state index contributed by atoms with van der Waals surface area (Å²) in [6, 6.07) is 20.3. The lowest BCUT2D eigenvalue weighted by atomic mass is 9.98. The first-order valence-electron chi connectivity index (χ1n) is 11.1. The molecule has 7 nitrogen and oxygen atoms in total. The zero-order chi connectivity index (χ0) is 24.9. The summed E-state index contributed by atoms with van der Waals surface area (Å²) >= 11 is 0. The van der Waals surface area contributed by atoms with Crippen molar-refractivity contribution in [1.82, 2.24) is 9.91 Å². The molecule has 1 aliphatic heterocycles. The highest BCUT2D eigenvalue weighted by Gasteiger charge is 2.35. The highest BCUT2D eigenvalue weighted by atomic mass is 19.1. The van der Waals surface area contributed by atoms with Crippen LogP contribution in [0.1, 0.15) is 33.9 Å². The SMILES string of the molecule is COc1ccc(C2=NN(C(=O)CN(C)C(=O)c3ccccc3F)[C@@H](c3ccccc3)C2)c(OC)c1. The minimum atomic E-state index is -0.632. The first-order chi connectivity index (χ1) is 16.9. The summed E-state index contributed by atoms with van der Waals surface area (Å²) in [7, 11) is 4.61. The van der Waals surface area contributed by atoms with Crippen LogP contribution >= 0.6 is 0 Å². The van der Waals surface area contributed by atoms with Crippen LogP contribution in [-0.4, -0.2) is 55.2 Å². The summed E-state index contributed by atoms with van der Waals surface area (Å²) in [4.78, 5) is 27.3. The Morgan fingerprint density at radius 1 is 1.03 bits per heavy atom. The molecular weight excluding hydrogens is 449 g/mol. The van der Waals surface area contributed by atoms with E-state index in [0.717, 1.165) is 11.1 Å².